The summed E-state index contributed by atoms with van der Waals surface area (Å²) in [7, 11) is 1.50. The van der Waals surface area contributed by atoms with E-state index >= 15 is 0 Å². The molecule has 5 nitrogen and oxygen atoms in total. The third-order valence-corrected chi connectivity index (χ3v) is 3.11. The summed E-state index contributed by atoms with van der Waals surface area (Å²) in [6.45, 7) is 0.340. The van der Waals surface area contributed by atoms with Crippen molar-refractivity contribution in [2.45, 2.75) is 6.54 Å². The molecule has 1 aromatic carbocycles. The Labute approximate surface area is 108 Å². The molecule has 1 amide bonds. The fourth-order valence-electron chi connectivity index (χ4n) is 1.42. The van der Waals surface area contributed by atoms with Gasteiger partial charge in [0.15, 0.2) is 0 Å². The molecule has 2 rings (SSSR count). The first-order valence-electron chi connectivity index (χ1n) is 5.24. The molecule has 1 aromatic heterocycles. The van der Waals surface area contributed by atoms with Crippen molar-refractivity contribution in [3.05, 3.63) is 40.3 Å². The average Bonchev–Trinajstić information content (AvgIpc) is 2.89. The second kappa shape index (κ2) is 5.50. The number of carbonyl (C=O) groups is 1. The van der Waals surface area contributed by atoms with Gasteiger partial charge in [-0.1, -0.05) is 0 Å². The molecule has 0 fully saturated rings. The number of thiazole rings is 1. The first-order valence-corrected chi connectivity index (χ1v) is 6.12. The minimum absolute atomic E-state index is 0.0764. The molecule has 0 radical (unpaired) electrons. The number of aromatic nitrogens is 1. The highest BCUT2D eigenvalue weighted by molar-refractivity contribution is 7.09. The van der Waals surface area contributed by atoms with E-state index in [-0.39, 0.29) is 17.2 Å². The summed E-state index contributed by atoms with van der Waals surface area (Å²) >= 11 is 1.46. The Hall–Kier alpha value is -2.08. The van der Waals surface area contributed by atoms with Crippen molar-refractivity contribution in [1.82, 2.24) is 10.3 Å². The number of phenolic OH excluding ortho intramolecular Hbond substituents is 1. The van der Waals surface area contributed by atoms with Crippen LogP contribution in [0.1, 0.15) is 15.4 Å². The largest absolute Gasteiger partial charge is 0.507 e. The number of aromatic hydroxyl groups is 1. The molecule has 2 N–H and O–H groups in total. The number of carbonyl (C=O) groups excluding carboxylic acids is 1. The lowest BCUT2D eigenvalue weighted by Crippen LogP contribution is -2.22. The van der Waals surface area contributed by atoms with E-state index in [1.165, 1.54) is 30.6 Å². The number of benzene rings is 1. The molecule has 0 saturated heterocycles. The predicted molar refractivity (Wildman–Crippen MR) is 67.9 cm³/mol. The summed E-state index contributed by atoms with van der Waals surface area (Å²) < 4.78 is 5.01. The molecule has 18 heavy (non-hydrogen) atoms. The number of methoxy groups -OCH3 is 1. The third-order valence-electron chi connectivity index (χ3n) is 2.33. The monoisotopic (exact) mass is 264 g/mol. The molecule has 0 aliphatic carbocycles. The van der Waals surface area contributed by atoms with Gasteiger partial charge in [-0.2, -0.15) is 0 Å². The number of hydrogen-bond donors (Lipinski definition) is 2. The lowest BCUT2D eigenvalue weighted by Gasteiger charge is -2.07. The van der Waals surface area contributed by atoms with Gasteiger partial charge in [-0.3, -0.25) is 4.79 Å². The molecule has 0 bridgehead atoms. The third kappa shape index (κ3) is 2.78. The van der Waals surface area contributed by atoms with E-state index in [9.17, 15) is 9.90 Å². The second-order valence-corrected chi connectivity index (χ2v) is 4.47. The van der Waals surface area contributed by atoms with Crippen LogP contribution >= 0.6 is 11.3 Å². The Kier molecular flexibility index (Phi) is 3.78. The van der Waals surface area contributed by atoms with Crippen molar-refractivity contribution in [3.63, 3.8) is 0 Å². The minimum atomic E-state index is -0.360. The number of rotatable bonds is 4. The molecule has 0 aliphatic rings. The number of nitrogens with zero attached hydrogens (tertiary/aromatic N) is 1. The number of amides is 1. The molecular weight excluding hydrogens is 252 g/mol. The van der Waals surface area contributed by atoms with Crippen LogP contribution in [0.15, 0.2) is 29.8 Å². The zero-order valence-electron chi connectivity index (χ0n) is 9.71. The maximum Gasteiger partial charge on any atom is 0.255 e. The molecular formula is C12H12N2O3S. The quantitative estimate of drug-likeness (QED) is 0.883. The van der Waals surface area contributed by atoms with Crippen LogP contribution in [0.4, 0.5) is 0 Å². The van der Waals surface area contributed by atoms with E-state index in [1.807, 2.05) is 5.38 Å². The molecule has 0 spiro atoms. The van der Waals surface area contributed by atoms with Crippen LogP contribution in [-0.4, -0.2) is 23.1 Å². The zero-order chi connectivity index (χ0) is 13.0. The Morgan fingerprint density at radius 3 is 3.06 bits per heavy atom. The van der Waals surface area contributed by atoms with E-state index in [1.54, 1.807) is 12.3 Å². The van der Waals surface area contributed by atoms with Crippen LogP contribution < -0.4 is 10.1 Å². The Morgan fingerprint density at radius 1 is 1.56 bits per heavy atom. The maximum absolute atomic E-state index is 11.9. The van der Waals surface area contributed by atoms with Gasteiger partial charge in [0, 0.05) is 11.6 Å². The van der Waals surface area contributed by atoms with Crippen LogP contribution in [0.3, 0.4) is 0 Å². The molecule has 0 saturated carbocycles. The summed E-state index contributed by atoms with van der Waals surface area (Å²) in [5.74, 6) is 0.0845. The number of hydrogen-bond acceptors (Lipinski definition) is 5. The van der Waals surface area contributed by atoms with E-state index in [0.29, 0.717) is 12.3 Å². The van der Waals surface area contributed by atoms with Gasteiger partial charge >= 0.3 is 0 Å². The molecule has 1 heterocycles. The zero-order valence-corrected chi connectivity index (χ0v) is 10.5. The number of phenols is 1. The minimum Gasteiger partial charge on any atom is -0.507 e. The fraction of sp³-hybridized carbons (Fsp3) is 0.167. The van der Waals surface area contributed by atoms with Crippen molar-refractivity contribution in [2.24, 2.45) is 0 Å². The van der Waals surface area contributed by atoms with Crippen molar-refractivity contribution in [3.8, 4) is 11.5 Å². The number of ether oxygens (including phenoxy) is 1. The maximum atomic E-state index is 11.9. The van der Waals surface area contributed by atoms with E-state index in [2.05, 4.69) is 10.3 Å². The Bertz CT molecular complexity index is 540. The summed E-state index contributed by atoms with van der Waals surface area (Å²) in [6, 6.07) is 4.51. The first-order chi connectivity index (χ1) is 8.70. The van der Waals surface area contributed by atoms with Gasteiger partial charge < -0.3 is 15.2 Å². The highest BCUT2D eigenvalue weighted by Gasteiger charge is 2.12. The number of nitrogens with one attached hydrogen (secondary N) is 1. The molecule has 0 aliphatic heterocycles. The standard InChI is InChI=1S/C12H12N2O3S/c1-17-8-2-3-10(15)9(6-8)12(16)14-7-11-13-4-5-18-11/h2-6,15H,7H2,1H3,(H,14,16). The molecule has 2 aromatic rings. The predicted octanol–water partition coefficient (Wildman–Crippen LogP) is 1.79. The molecule has 6 heteroatoms. The normalized spacial score (nSPS) is 10.1. The summed E-state index contributed by atoms with van der Waals surface area (Å²) in [5.41, 5.74) is 0.186. The molecule has 94 valence electrons. The highest BCUT2D eigenvalue weighted by atomic mass is 32.1. The van der Waals surface area contributed by atoms with E-state index < -0.39 is 0 Å². The highest BCUT2D eigenvalue weighted by Crippen LogP contribution is 2.22. The van der Waals surface area contributed by atoms with Gasteiger partial charge in [0.05, 0.1) is 19.2 Å². The van der Waals surface area contributed by atoms with Crippen molar-refractivity contribution in [1.29, 1.82) is 0 Å². The van der Waals surface area contributed by atoms with Gasteiger partial charge in [-0.05, 0) is 18.2 Å². The van der Waals surface area contributed by atoms with Gasteiger partial charge in [-0.25, -0.2) is 4.98 Å². The van der Waals surface area contributed by atoms with Crippen molar-refractivity contribution < 1.29 is 14.6 Å². The summed E-state index contributed by atoms with van der Waals surface area (Å²) in [5, 5.41) is 15.0. The topological polar surface area (TPSA) is 71.5 Å². The van der Waals surface area contributed by atoms with Crippen molar-refractivity contribution in [2.75, 3.05) is 7.11 Å². The Morgan fingerprint density at radius 2 is 2.39 bits per heavy atom. The van der Waals surface area contributed by atoms with E-state index in [4.69, 9.17) is 4.74 Å². The van der Waals surface area contributed by atoms with Crippen LogP contribution in [0.25, 0.3) is 0 Å². The van der Waals surface area contributed by atoms with Crippen LogP contribution in [0.2, 0.25) is 0 Å². The van der Waals surface area contributed by atoms with Crippen LogP contribution in [-0.2, 0) is 6.54 Å². The lowest BCUT2D eigenvalue weighted by atomic mass is 10.2. The SMILES string of the molecule is COc1ccc(O)c(C(=O)NCc2nccs2)c1. The molecule has 0 atom stereocenters. The summed E-state index contributed by atoms with van der Waals surface area (Å²) in [4.78, 5) is 15.9. The van der Waals surface area contributed by atoms with E-state index in [0.717, 1.165) is 5.01 Å². The second-order valence-electron chi connectivity index (χ2n) is 3.49. The fourth-order valence-corrected chi connectivity index (χ4v) is 1.97. The smallest absolute Gasteiger partial charge is 0.255 e. The summed E-state index contributed by atoms with van der Waals surface area (Å²) in [6.07, 6.45) is 1.68. The lowest BCUT2D eigenvalue weighted by molar-refractivity contribution is 0.0948. The molecule has 0 unspecified atom stereocenters. The van der Waals surface area contributed by atoms with Gasteiger partial charge in [0.2, 0.25) is 0 Å². The van der Waals surface area contributed by atoms with Gasteiger partial charge in [0.25, 0.3) is 5.91 Å². The van der Waals surface area contributed by atoms with Crippen molar-refractivity contribution >= 4 is 17.2 Å². The average molecular weight is 264 g/mol. The first kappa shape index (κ1) is 12.4. The van der Waals surface area contributed by atoms with Crippen LogP contribution in [0.5, 0.6) is 11.5 Å². The van der Waals surface area contributed by atoms with Gasteiger partial charge in [-0.15, -0.1) is 11.3 Å². The Balaban J connectivity index is 2.08. The van der Waals surface area contributed by atoms with Crippen LogP contribution in [0, 0.1) is 0 Å². The van der Waals surface area contributed by atoms with Gasteiger partial charge in [0.1, 0.15) is 16.5 Å².